The first-order valence-electron chi connectivity index (χ1n) is 14.1. The molecule has 4 aromatic rings. The van der Waals surface area contributed by atoms with Crippen LogP contribution in [0.15, 0.2) is 77.1 Å². The minimum atomic E-state index is -3.75. The van der Waals surface area contributed by atoms with E-state index in [9.17, 15) is 21.6 Å². The predicted molar refractivity (Wildman–Crippen MR) is 167 cm³/mol. The third-order valence-corrected chi connectivity index (χ3v) is 10.5. The zero-order valence-electron chi connectivity index (χ0n) is 24.2. The first-order chi connectivity index (χ1) is 21.4. The highest BCUT2D eigenvalue weighted by Gasteiger charge is 2.42. The second-order valence-corrected chi connectivity index (χ2v) is 14.6. The highest BCUT2D eigenvalue weighted by molar-refractivity contribution is 7.89. The number of hydrogen-bond donors (Lipinski definition) is 1. The van der Waals surface area contributed by atoms with Gasteiger partial charge < -0.3 is 4.90 Å². The second-order valence-electron chi connectivity index (χ2n) is 11.5. The van der Waals surface area contributed by atoms with E-state index in [0.29, 0.717) is 38.8 Å². The Morgan fingerprint density at radius 3 is 2.64 bits per heavy atom. The van der Waals surface area contributed by atoms with Crippen molar-refractivity contribution >= 4 is 44.4 Å². The van der Waals surface area contributed by atoms with Crippen LogP contribution in [0.25, 0.3) is 5.57 Å². The van der Waals surface area contributed by atoms with Crippen LogP contribution >= 0.6 is 22.9 Å². The summed E-state index contributed by atoms with van der Waals surface area (Å²) in [6.45, 7) is 1.26. The number of thiazole rings is 1. The summed E-state index contributed by atoms with van der Waals surface area (Å²) < 4.78 is 71.5. The van der Waals surface area contributed by atoms with Crippen LogP contribution in [0.4, 0.5) is 13.2 Å². The topological polar surface area (TPSA) is 105 Å². The molecule has 0 aliphatic carbocycles. The first kappa shape index (κ1) is 31.4. The maximum absolute atomic E-state index is 14.1. The molecule has 0 saturated carbocycles. The molecule has 0 radical (unpaired) electrons. The average molecular weight is 676 g/mol. The Bertz CT molecular complexity index is 1860. The van der Waals surface area contributed by atoms with Gasteiger partial charge in [-0.25, -0.2) is 27.2 Å². The van der Waals surface area contributed by atoms with Gasteiger partial charge in [0.2, 0.25) is 10.0 Å². The van der Waals surface area contributed by atoms with Crippen molar-refractivity contribution in [2.45, 2.75) is 50.7 Å². The Labute approximate surface area is 267 Å². The Kier molecular flexibility index (Phi) is 8.59. The molecule has 1 saturated heterocycles. The molecule has 236 valence electrons. The summed E-state index contributed by atoms with van der Waals surface area (Å²) in [6, 6.07) is 9.52. The van der Waals surface area contributed by atoms with Gasteiger partial charge in [0.15, 0.2) is 10.8 Å². The number of rotatable bonds is 10. The first-order valence-corrected chi connectivity index (χ1v) is 17.0. The van der Waals surface area contributed by atoms with Crippen molar-refractivity contribution in [2.75, 3.05) is 12.3 Å². The highest BCUT2D eigenvalue weighted by Crippen LogP contribution is 2.46. The molecule has 1 aromatic carbocycles. The maximum atomic E-state index is 14.1. The van der Waals surface area contributed by atoms with E-state index in [0.717, 1.165) is 5.69 Å². The Balaban J connectivity index is 1.37. The zero-order chi connectivity index (χ0) is 31.9. The molecule has 5 heterocycles. The van der Waals surface area contributed by atoms with E-state index in [1.165, 1.54) is 41.8 Å². The molecule has 2 aliphatic heterocycles. The molecule has 6 rings (SSSR count). The molecular weight excluding hydrogens is 647 g/mol. The van der Waals surface area contributed by atoms with Crippen LogP contribution in [-0.4, -0.2) is 57.2 Å². The normalized spacial score (nSPS) is 18.9. The standard InChI is InChI=1S/C30H29ClF3N7O2S2/c1-30(2,24-5-3-4-10-35-24)9-14-45(42,43)39-19-16-23-25(22-8-12-41(38-22)29(33)34)26(20-7-6-18(32)15-21(20)31)37-27(40(23)17-19)28-36-11-13-44-28/h3-8,10-13,15,19,26,29,39H,9,14,16-17H2,1-2H3/t19-,26-/m0/s1. The Morgan fingerprint density at radius 1 is 1.16 bits per heavy atom. The van der Waals surface area contributed by atoms with Crippen molar-refractivity contribution in [3.8, 4) is 0 Å². The lowest BCUT2D eigenvalue weighted by molar-refractivity contribution is 0.0564. The minimum absolute atomic E-state index is 0.104. The van der Waals surface area contributed by atoms with Crippen molar-refractivity contribution in [3.63, 3.8) is 0 Å². The summed E-state index contributed by atoms with van der Waals surface area (Å²) in [5.74, 6) is -0.192. The average Bonchev–Trinajstić information content (AvgIpc) is 3.77. The van der Waals surface area contributed by atoms with Crippen LogP contribution in [0, 0.1) is 5.82 Å². The number of aromatic nitrogens is 4. The third kappa shape index (κ3) is 6.55. The number of nitrogens with zero attached hydrogens (tertiary/aromatic N) is 6. The fourth-order valence-corrected chi connectivity index (χ4v) is 8.10. The number of pyridine rings is 1. The molecule has 0 bridgehead atoms. The number of fused-ring (bicyclic) bond motifs is 1. The summed E-state index contributed by atoms with van der Waals surface area (Å²) >= 11 is 7.87. The number of hydrogen-bond acceptors (Lipinski definition) is 8. The molecule has 2 atom stereocenters. The number of halogens is 4. The van der Waals surface area contributed by atoms with Crippen LogP contribution < -0.4 is 4.72 Å². The predicted octanol–water partition coefficient (Wildman–Crippen LogP) is 6.20. The van der Waals surface area contributed by atoms with Gasteiger partial charge in [-0.1, -0.05) is 37.6 Å². The van der Waals surface area contributed by atoms with Crippen LogP contribution in [0.3, 0.4) is 0 Å². The number of amidine groups is 1. The Hall–Kier alpha value is -3.59. The largest absolute Gasteiger partial charge is 0.333 e. The van der Waals surface area contributed by atoms with E-state index < -0.39 is 39.9 Å². The molecule has 0 spiro atoms. The number of benzene rings is 1. The van der Waals surface area contributed by atoms with E-state index >= 15 is 0 Å². The summed E-state index contributed by atoms with van der Waals surface area (Å²) in [5.41, 5.74) is 2.10. The van der Waals surface area contributed by atoms with Crippen molar-refractivity contribution in [1.82, 2.24) is 29.4 Å². The molecule has 2 aliphatic rings. The fraction of sp³-hybridized carbons (Fsp3) is 0.333. The quantitative estimate of drug-likeness (QED) is 0.215. The maximum Gasteiger partial charge on any atom is 0.333 e. The van der Waals surface area contributed by atoms with Crippen molar-refractivity contribution in [2.24, 2.45) is 4.99 Å². The van der Waals surface area contributed by atoms with Crippen LogP contribution in [0.5, 0.6) is 0 Å². The summed E-state index contributed by atoms with van der Waals surface area (Å²) in [7, 11) is -3.75. The van der Waals surface area contributed by atoms with Gasteiger partial charge in [-0.15, -0.1) is 11.3 Å². The minimum Gasteiger partial charge on any atom is -0.326 e. The monoisotopic (exact) mass is 675 g/mol. The van der Waals surface area contributed by atoms with Crippen molar-refractivity contribution in [3.05, 3.63) is 105 Å². The fourth-order valence-electron chi connectivity index (χ4n) is 5.63. The lowest BCUT2D eigenvalue weighted by atomic mass is 9.86. The molecular formula is C30H29ClF3N7O2S2. The number of alkyl halides is 2. The zero-order valence-corrected chi connectivity index (χ0v) is 26.6. The smallest absolute Gasteiger partial charge is 0.326 e. The van der Waals surface area contributed by atoms with Gasteiger partial charge in [-0.3, -0.25) is 9.98 Å². The number of sulfonamides is 1. The van der Waals surface area contributed by atoms with Gasteiger partial charge in [0.1, 0.15) is 11.9 Å². The number of nitrogens with one attached hydrogen (secondary N) is 1. The van der Waals surface area contributed by atoms with E-state index in [1.54, 1.807) is 17.8 Å². The summed E-state index contributed by atoms with van der Waals surface area (Å²) in [4.78, 5) is 15.7. The van der Waals surface area contributed by atoms with Gasteiger partial charge in [0, 0.05) is 75.9 Å². The van der Waals surface area contributed by atoms with E-state index in [2.05, 4.69) is 19.8 Å². The molecule has 1 fully saturated rings. The molecule has 0 unspecified atom stereocenters. The lowest BCUT2D eigenvalue weighted by Crippen LogP contribution is -2.41. The van der Waals surface area contributed by atoms with Gasteiger partial charge >= 0.3 is 6.55 Å². The van der Waals surface area contributed by atoms with Gasteiger partial charge in [-0.05, 0) is 36.8 Å². The molecule has 3 aromatic heterocycles. The molecule has 15 heteroatoms. The number of aliphatic imine (C=N–C) groups is 1. The van der Waals surface area contributed by atoms with Gasteiger partial charge in [-0.2, -0.15) is 13.9 Å². The van der Waals surface area contributed by atoms with E-state index in [-0.39, 0.29) is 29.4 Å². The van der Waals surface area contributed by atoms with E-state index in [1.807, 2.05) is 36.9 Å². The molecule has 1 N–H and O–H groups in total. The molecule has 0 amide bonds. The van der Waals surface area contributed by atoms with Crippen molar-refractivity contribution < 1.29 is 21.6 Å². The second kappa shape index (κ2) is 12.3. The van der Waals surface area contributed by atoms with Crippen LogP contribution in [-0.2, 0) is 15.4 Å². The van der Waals surface area contributed by atoms with Crippen LogP contribution in [0.2, 0.25) is 5.02 Å². The van der Waals surface area contributed by atoms with Crippen LogP contribution in [0.1, 0.15) is 61.2 Å². The van der Waals surface area contributed by atoms with Crippen molar-refractivity contribution in [1.29, 1.82) is 0 Å². The third-order valence-electron chi connectivity index (χ3n) is 7.93. The van der Waals surface area contributed by atoms with Gasteiger partial charge in [0.25, 0.3) is 0 Å². The molecule has 9 nitrogen and oxygen atoms in total. The summed E-state index contributed by atoms with van der Waals surface area (Å²) in [6.07, 6.45) is 5.04. The lowest BCUT2D eigenvalue weighted by Gasteiger charge is -2.32. The Morgan fingerprint density at radius 2 is 1.98 bits per heavy atom. The SMILES string of the molecule is CC(C)(CCS(=O)(=O)N[C@H]1CC2=C(c3ccn(C(F)F)n3)[C@H](c3ccc(F)cc3Cl)N=C(c3nccs3)N2C1)c1ccccn1. The van der Waals surface area contributed by atoms with E-state index in [4.69, 9.17) is 16.6 Å². The summed E-state index contributed by atoms with van der Waals surface area (Å²) in [5, 5.41) is 6.60. The molecule has 45 heavy (non-hydrogen) atoms. The highest BCUT2D eigenvalue weighted by atomic mass is 35.5. The van der Waals surface area contributed by atoms with Gasteiger partial charge in [0.05, 0.1) is 11.4 Å².